The third kappa shape index (κ3) is 5.59. The molecule has 0 radical (unpaired) electrons. The van der Waals surface area contributed by atoms with Gasteiger partial charge in [-0.15, -0.1) is 0 Å². The summed E-state index contributed by atoms with van der Waals surface area (Å²) in [6.07, 6.45) is 0.378. The van der Waals surface area contributed by atoms with Crippen LogP contribution in [0.25, 0.3) is 0 Å². The van der Waals surface area contributed by atoms with Crippen LogP contribution in [-0.2, 0) is 22.7 Å². The fourth-order valence-electron chi connectivity index (χ4n) is 3.48. The van der Waals surface area contributed by atoms with Crippen molar-refractivity contribution in [2.75, 3.05) is 5.32 Å². The van der Waals surface area contributed by atoms with E-state index in [9.17, 15) is 14.0 Å². The number of hydrogen-bond acceptors (Lipinski definition) is 3. The first kappa shape index (κ1) is 21.8. The van der Waals surface area contributed by atoms with Gasteiger partial charge in [-0.25, -0.2) is 4.39 Å². The van der Waals surface area contributed by atoms with Gasteiger partial charge in [0.2, 0.25) is 5.91 Å². The second-order valence-corrected chi connectivity index (χ2v) is 8.94. The molecular weight excluding hydrogens is 383 g/mol. The van der Waals surface area contributed by atoms with Gasteiger partial charge in [0.25, 0.3) is 5.91 Å². The summed E-state index contributed by atoms with van der Waals surface area (Å²) in [6, 6.07) is 11.6. The van der Waals surface area contributed by atoms with Gasteiger partial charge in [0.15, 0.2) is 6.10 Å². The molecule has 0 unspecified atom stereocenters. The zero-order valence-electron chi connectivity index (χ0n) is 18.0. The maximum absolute atomic E-state index is 13.2. The Bertz CT molecular complexity index is 919. The molecule has 3 rings (SSSR count). The third-order valence-corrected chi connectivity index (χ3v) is 4.91. The van der Waals surface area contributed by atoms with Crippen LogP contribution in [-0.4, -0.2) is 22.8 Å². The number of anilines is 1. The first-order valence-electron chi connectivity index (χ1n) is 10.3. The van der Waals surface area contributed by atoms with Gasteiger partial charge in [-0.1, -0.05) is 39.8 Å². The Labute approximate surface area is 177 Å². The summed E-state index contributed by atoms with van der Waals surface area (Å²) in [6.45, 7) is 8.67. The molecule has 30 heavy (non-hydrogen) atoms. The summed E-state index contributed by atoms with van der Waals surface area (Å²) in [4.78, 5) is 27.0. The van der Waals surface area contributed by atoms with E-state index in [1.54, 1.807) is 29.2 Å². The molecule has 160 valence electrons. The van der Waals surface area contributed by atoms with E-state index in [-0.39, 0.29) is 23.0 Å². The van der Waals surface area contributed by atoms with Crippen molar-refractivity contribution in [1.29, 1.82) is 0 Å². The number of ether oxygens (including phenoxy) is 1. The molecular formula is C24H29FN2O3. The topological polar surface area (TPSA) is 58.6 Å². The first-order valence-corrected chi connectivity index (χ1v) is 10.3. The van der Waals surface area contributed by atoms with Crippen molar-refractivity contribution in [3.8, 4) is 5.75 Å². The predicted octanol–water partition coefficient (Wildman–Crippen LogP) is 4.90. The molecule has 1 aliphatic rings. The predicted molar refractivity (Wildman–Crippen MR) is 115 cm³/mol. The molecule has 1 aliphatic heterocycles. The number of nitrogens with zero attached hydrogens (tertiary/aromatic N) is 1. The highest BCUT2D eigenvalue weighted by Gasteiger charge is 2.30. The smallest absolute Gasteiger partial charge is 0.264 e. The van der Waals surface area contributed by atoms with Gasteiger partial charge in [0.05, 0.1) is 0 Å². The van der Waals surface area contributed by atoms with Crippen molar-refractivity contribution in [2.45, 2.75) is 59.7 Å². The Kier molecular flexibility index (Phi) is 6.44. The SMILES string of the molecule is CC[C@@H]1Oc2ccc(NC(=O)CC(C)(C)C)cc2CN(Cc2ccc(F)cc2)C1=O. The quantitative estimate of drug-likeness (QED) is 0.760. The van der Waals surface area contributed by atoms with Crippen LogP contribution in [0.3, 0.4) is 0 Å². The van der Waals surface area contributed by atoms with Gasteiger partial charge in [0.1, 0.15) is 11.6 Å². The lowest BCUT2D eigenvalue weighted by molar-refractivity contribution is -0.139. The van der Waals surface area contributed by atoms with Crippen molar-refractivity contribution in [1.82, 2.24) is 4.90 Å². The van der Waals surface area contributed by atoms with E-state index in [2.05, 4.69) is 5.32 Å². The number of halogens is 1. The second-order valence-electron chi connectivity index (χ2n) is 8.94. The van der Waals surface area contributed by atoms with Crippen LogP contribution in [0.1, 0.15) is 51.7 Å². The maximum atomic E-state index is 13.2. The Morgan fingerprint density at radius 1 is 1.20 bits per heavy atom. The average Bonchev–Trinajstić information content (AvgIpc) is 2.78. The molecule has 0 aliphatic carbocycles. The Morgan fingerprint density at radius 3 is 2.53 bits per heavy atom. The van der Waals surface area contributed by atoms with E-state index < -0.39 is 6.10 Å². The largest absolute Gasteiger partial charge is 0.480 e. The van der Waals surface area contributed by atoms with Gasteiger partial charge < -0.3 is 15.0 Å². The molecule has 5 nitrogen and oxygen atoms in total. The van der Waals surface area contributed by atoms with Gasteiger partial charge in [-0.3, -0.25) is 9.59 Å². The van der Waals surface area contributed by atoms with E-state index in [1.165, 1.54) is 12.1 Å². The van der Waals surface area contributed by atoms with Crippen LogP contribution in [0.5, 0.6) is 5.75 Å². The van der Waals surface area contributed by atoms with Crippen LogP contribution in [0, 0.1) is 11.2 Å². The average molecular weight is 413 g/mol. The van der Waals surface area contributed by atoms with E-state index in [0.29, 0.717) is 37.4 Å². The summed E-state index contributed by atoms with van der Waals surface area (Å²) < 4.78 is 19.2. The minimum Gasteiger partial charge on any atom is -0.480 e. The van der Waals surface area contributed by atoms with Crippen LogP contribution in [0.4, 0.5) is 10.1 Å². The fraction of sp³-hybridized carbons (Fsp3) is 0.417. The zero-order valence-corrected chi connectivity index (χ0v) is 18.0. The number of carbonyl (C=O) groups excluding carboxylic acids is 2. The molecule has 1 atom stereocenters. The molecule has 6 heteroatoms. The van der Waals surface area contributed by atoms with E-state index in [1.807, 2.05) is 33.8 Å². The van der Waals surface area contributed by atoms with Crippen LogP contribution in [0.2, 0.25) is 0 Å². The summed E-state index contributed by atoms with van der Waals surface area (Å²) in [7, 11) is 0. The number of rotatable bonds is 5. The van der Waals surface area contributed by atoms with E-state index in [4.69, 9.17) is 4.74 Å². The monoisotopic (exact) mass is 412 g/mol. The van der Waals surface area contributed by atoms with Gasteiger partial charge in [-0.2, -0.15) is 0 Å². The number of carbonyl (C=O) groups is 2. The highest BCUT2D eigenvalue weighted by Crippen LogP contribution is 2.30. The summed E-state index contributed by atoms with van der Waals surface area (Å²) in [5.74, 6) is 0.182. The number of hydrogen-bond donors (Lipinski definition) is 1. The van der Waals surface area contributed by atoms with Crippen LogP contribution >= 0.6 is 0 Å². The minimum absolute atomic E-state index is 0.0531. The van der Waals surface area contributed by atoms with Crippen molar-refractivity contribution in [3.05, 3.63) is 59.4 Å². The summed E-state index contributed by atoms with van der Waals surface area (Å²) in [5.41, 5.74) is 2.24. The number of amides is 2. The Balaban J connectivity index is 1.83. The second kappa shape index (κ2) is 8.86. The Morgan fingerprint density at radius 2 is 1.90 bits per heavy atom. The van der Waals surface area contributed by atoms with E-state index >= 15 is 0 Å². The van der Waals surface area contributed by atoms with Crippen LogP contribution in [0.15, 0.2) is 42.5 Å². The lowest BCUT2D eigenvalue weighted by atomic mass is 9.92. The molecule has 1 N–H and O–H groups in total. The number of benzene rings is 2. The summed E-state index contributed by atoms with van der Waals surface area (Å²) >= 11 is 0. The van der Waals surface area contributed by atoms with Crippen molar-refractivity contribution in [2.24, 2.45) is 5.41 Å². The normalized spacial score (nSPS) is 16.5. The number of fused-ring (bicyclic) bond motifs is 1. The van der Waals surface area contributed by atoms with Crippen molar-refractivity contribution >= 4 is 17.5 Å². The Hall–Kier alpha value is -2.89. The molecule has 0 saturated carbocycles. The van der Waals surface area contributed by atoms with Gasteiger partial charge >= 0.3 is 0 Å². The molecule has 0 saturated heterocycles. The van der Waals surface area contributed by atoms with Gasteiger partial charge in [-0.05, 0) is 47.7 Å². The minimum atomic E-state index is -0.576. The molecule has 0 fully saturated rings. The van der Waals surface area contributed by atoms with Crippen molar-refractivity contribution < 1.29 is 18.7 Å². The number of nitrogens with one attached hydrogen (secondary N) is 1. The molecule has 0 spiro atoms. The highest BCUT2D eigenvalue weighted by molar-refractivity contribution is 5.91. The van der Waals surface area contributed by atoms with Gasteiger partial charge in [0, 0.05) is 30.8 Å². The van der Waals surface area contributed by atoms with E-state index in [0.717, 1.165) is 11.1 Å². The molecule has 2 aromatic rings. The zero-order chi connectivity index (χ0) is 21.9. The first-order chi connectivity index (χ1) is 14.1. The highest BCUT2D eigenvalue weighted by atomic mass is 19.1. The third-order valence-electron chi connectivity index (χ3n) is 4.91. The fourth-order valence-corrected chi connectivity index (χ4v) is 3.48. The summed E-state index contributed by atoms with van der Waals surface area (Å²) in [5, 5.41) is 2.94. The molecule has 0 bridgehead atoms. The molecule has 1 heterocycles. The lowest BCUT2D eigenvalue weighted by Gasteiger charge is -2.23. The standard InChI is InChI=1S/C24H29FN2O3/c1-5-20-23(29)27(14-16-6-8-18(25)9-7-16)15-17-12-19(10-11-21(17)30-20)26-22(28)13-24(2,3)4/h6-12,20H,5,13-15H2,1-4H3,(H,26,28)/t20-/m0/s1. The van der Waals surface area contributed by atoms with Crippen LogP contribution < -0.4 is 10.1 Å². The molecule has 2 aromatic carbocycles. The maximum Gasteiger partial charge on any atom is 0.264 e. The molecule has 2 amide bonds. The molecule has 0 aromatic heterocycles. The van der Waals surface area contributed by atoms with Crippen molar-refractivity contribution in [3.63, 3.8) is 0 Å². The lowest BCUT2D eigenvalue weighted by Crippen LogP contribution is -2.38.